The van der Waals surface area contributed by atoms with Gasteiger partial charge in [-0.1, -0.05) is 6.92 Å². The number of carbonyl (C=O) groups is 1. The molecule has 0 unspecified atom stereocenters. The predicted octanol–water partition coefficient (Wildman–Crippen LogP) is 2.75. The molecule has 1 rings (SSSR count). The number of allylic oxidation sites excluding steroid dienone is 1. The minimum absolute atomic E-state index is 0.778. The maximum Gasteiger partial charge on any atom is 0.146 e. The molecule has 13 heavy (non-hydrogen) atoms. The average Bonchev–Trinajstić information content (AvgIpc) is 2.41. The minimum Gasteiger partial charge on any atom is -0.298 e. The Hall–Kier alpha value is -0.960. The molecule has 0 saturated carbocycles. The van der Waals surface area contributed by atoms with E-state index in [1.54, 1.807) is 11.3 Å². The highest BCUT2D eigenvalue weighted by Gasteiger charge is 2.02. The molecule has 1 aromatic heterocycles. The standard InChI is InChI=1S/C10H13NOS/c1-4-9(6-12)5-10-7(2)11-8(3)13-10/h5-6H,4H2,1-3H3. The Balaban J connectivity index is 3.01. The van der Waals surface area contributed by atoms with Gasteiger partial charge in [-0.05, 0) is 31.9 Å². The van der Waals surface area contributed by atoms with E-state index in [1.807, 2.05) is 26.8 Å². The van der Waals surface area contributed by atoms with E-state index in [2.05, 4.69) is 4.98 Å². The minimum atomic E-state index is 0.778. The van der Waals surface area contributed by atoms with Crippen molar-refractivity contribution < 1.29 is 4.79 Å². The van der Waals surface area contributed by atoms with E-state index in [1.165, 1.54) is 0 Å². The Morgan fingerprint density at radius 2 is 2.23 bits per heavy atom. The molecule has 0 fully saturated rings. The number of aromatic nitrogens is 1. The van der Waals surface area contributed by atoms with Crippen molar-refractivity contribution in [3.63, 3.8) is 0 Å². The molecule has 0 radical (unpaired) electrons. The summed E-state index contributed by atoms with van der Waals surface area (Å²) in [6.07, 6.45) is 3.61. The Morgan fingerprint density at radius 3 is 2.62 bits per heavy atom. The summed E-state index contributed by atoms with van der Waals surface area (Å²) in [5.41, 5.74) is 1.84. The van der Waals surface area contributed by atoms with Crippen LogP contribution in [0.3, 0.4) is 0 Å². The third-order valence-electron chi connectivity index (χ3n) is 1.82. The van der Waals surface area contributed by atoms with Crippen molar-refractivity contribution in [2.24, 2.45) is 0 Å². The van der Waals surface area contributed by atoms with Gasteiger partial charge in [0, 0.05) is 0 Å². The van der Waals surface area contributed by atoms with Gasteiger partial charge < -0.3 is 0 Å². The molecule has 0 aliphatic carbocycles. The van der Waals surface area contributed by atoms with Gasteiger partial charge in [-0.15, -0.1) is 11.3 Å². The topological polar surface area (TPSA) is 30.0 Å². The second-order valence-corrected chi connectivity index (χ2v) is 4.11. The molecular formula is C10H13NOS. The second kappa shape index (κ2) is 4.33. The molecule has 0 bridgehead atoms. The average molecular weight is 195 g/mol. The van der Waals surface area contributed by atoms with E-state index in [4.69, 9.17) is 0 Å². The van der Waals surface area contributed by atoms with Gasteiger partial charge in [0.25, 0.3) is 0 Å². The normalized spacial score (nSPS) is 11.8. The first-order chi connectivity index (χ1) is 6.17. The largest absolute Gasteiger partial charge is 0.298 e. The highest BCUT2D eigenvalue weighted by molar-refractivity contribution is 7.12. The molecule has 0 N–H and O–H groups in total. The summed E-state index contributed by atoms with van der Waals surface area (Å²) in [6, 6.07) is 0. The van der Waals surface area contributed by atoms with E-state index in [9.17, 15) is 4.79 Å². The van der Waals surface area contributed by atoms with Crippen LogP contribution in [0.5, 0.6) is 0 Å². The molecule has 0 atom stereocenters. The van der Waals surface area contributed by atoms with Crippen LogP contribution in [0.1, 0.15) is 28.9 Å². The van der Waals surface area contributed by atoms with Crippen LogP contribution in [-0.4, -0.2) is 11.3 Å². The van der Waals surface area contributed by atoms with Crippen LogP contribution in [0, 0.1) is 13.8 Å². The van der Waals surface area contributed by atoms with Crippen molar-refractivity contribution in [2.75, 3.05) is 0 Å². The van der Waals surface area contributed by atoms with Gasteiger partial charge in [0.2, 0.25) is 0 Å². The Labute approximate surface area is 82.3 Å². The Morgan fingerprint density at radius 1 is 1.54 bits per heavy atom. The van der Waals surface area contributed by atoms with Crippen molar-refractivity contribution in [3.05, 3.63) is 21.2 Å². The first kappa shape index (κ1) is 10.1. The van der Waals surface area contributed by atoms with Crippen LogP contribution in [0.25, 0.3) is 6.08 Å². The monoisotopic (exact) mass is 195 g/mol. The summed E-state index contributed by atoms with van der Waals surface area (Å²) in [7, 11) is 0. The number of hydrogen-bond acceptors (Lipinski definition) is 3. The number of nitrogens with zero attached hydrogens (tertiary/aromatic N) is 1. The third-order valence-corrected chi connectivity index (χ3v) is 2.84. The molecule has 0 amide bonds. The zero-order chi connectivity index (χ0) is 9.84. The number of thiazole rings is 1. The molecule has 2 nitrogen and oxygen atoms in total. The number of aryl methyl sites for hydroxylation is 2. The predicted molar refractivity (Wildman–Crippen MR) is 55.9 cm³/mol. The highest BCUT2D eigenvalue weighted by Crippen LogP contribution is 2.20. The molecule has 0 saturated heterocycles. The van der Waals surface area contributed by atoms with E-state index in [0.29, 0.717) is 0 Å². The zero-order valence-corrected chi connectivity index (χ0v) is 8.94. The smallest absolute Gasteiger partial charge is 0.146 e. The summed E-state index contributed by atoms with van der Waals surface area (Å²) in [6.45, 7) is 5.92. The third kappa shape index (κ3) is 2.49. The SMILES string of the molecule is CCC(C=O)=Cc1sc(C)nc1C. The summed E-state index contributed by atoms with van der Waals surface area (Å²) in [5.74, 6) is 0. The second-order valence-electron chi connectivity index (χ2n) is 2.87. The van der Waals surface area contributed by atoms with Gasteiger partial charge in [-0.2, -0.15) is 0 Å². The molecule has 0 aliphatic heterocycles. The van der Waals surface area contributed by atoms with Gasteiger partial charge in [0.15, 0.2) is 0 Å². The molecule has 0 aliphatic rings. The quantitative estimate of drug-likeness (QED) is 0.548. The lowest BCUT2D eigenvalue weighted by Crippen LogP contribution is -1.81. The van der Waals surface area contributed by atoms with Crippen LogP contribution in [0.4, 0.5) is 0 Å². The zero-order valence-electron chi connectivity index (χ0n) is 8.13. The molecular weight excluding hydrogens is 182 g/mol. The van der Waals surface area contributed by atoms with Gasteiger partial charge in [-0.3, -0.25) is 4.79 Å². The number of hydrogen-bond donors (Lipinski definition) is 0. The molecule has 1 heterocycles. The van der Waals surface area contributed by atoms with Crippen molar-refractivity contribution in [2.45, 2.75) is 27.2 Å². The number of aldehydes is 1. The maximum absolute atomic E-state index is 10.6. The van der Waals surface area contributed by atoms with Crippen LogP contribution in [-0.2, 0) is 4.79 Å². The van der Waals surface area contributed by atoms with Gasteiger partial charge in [0.05, 0.1) is 15.6 Å². The van der Waals surface area contributed by atoms with Gasteiger partial charge in [-0.25, -0.2) is 4.98 Å². The van der Waals surface area contributed by atoms with Crippen molar-refractivity contribution >= 4 is 23.7 Å². The fourth-order valence-electron chi connectivity index (χ4n) is 1.07. The lowest BCUT2D eigenvalue weighted by atomic mass is 10.2. The summed E-state index contributed by atoms with van der Waals surface area (Å²) in [4.78, 5) is 16.0. The molecule has 3 heteroatoms. The van der Waals surface area contributed by atoms with Crippen molar-refractivity contribution in [1.82, 2.24) is 4.98 Å². The molecule has 70 valence electrons. The first-order valence-electron chi connectivity index (χ1n) is 4.27. The van der Waals surface area contributed by atoms with Crippen molar-refractivity contribution in [3.8, 4) is 0 Å². The maximum atomic E-state index is 10.6. The van der Waals surface area contributed by atoms with Crippen LogP contribution in [0.15, 0.2) is 5.57 Å². The fraction of sp³-hybridized carbons (Fsp3) is 0.400. The fourth-order valence-corrected chi connectivity index (χ4v) is 1.97. The van der Waals surface area contributed by atoms with E-state index in [0.717, 1.165) is 33.9 Å². The summed E-state index contributed by atoms with van der Waals surface area (Å²) in [5, 5.41) is 1.05. The van der Waals surface area contributed by atoms with Gasteiger partial charge >= 0.3 is 0 Å². The lowest BCUT2D eigenvalue weighted by molar-refractivity contribution is -0.104. The first-order valence-corrected chi connectivity index (χ1v) is 5.08. The summed E-state index contributed by atoms with van der Waals surface area (Å²) < 4.78 is 0. The lowest BCUT2D eigenvalue weighted by Gasteiger charge is -1.92. The van der Waals surface area contributed by atoms with Crippen molar-refractivity contribution in [1.29, 1.82) is 0 Å². The molecule has 0 aromatic carbocycles. The van der Waals surface area contributed by atoms with E-state index in [-0.39, 0.29) is 0 Å². The molecule has 1 aromatic rings. The Kier molecular flexibility index (Phi) is 3.37. The van der Waals surface area contributed by atoms with Gasteiger partial charge in [0.1, 0.15) is 6.29 Å². The Bertz CT molecular complexity index is 339. The van der Waals surface area contributed by atoms with Crippen LogP contribution in [0.2, 0.25) is 0 Å². The summed E-state index contributed by atoms with van der Waals surface area (Å²) >= 11 is 1.63. The number of carbonyl (C=O) groups excluding carboxylic acids is 1. The highest BCUT2D eigenvalue weighted by atomic mass is 32.1. The van der Waals surface area contributed by atoms with Crippen LogP contribution < -0.4 is 0 Å². The van der Waals surface area contributed by atoms with E-state index >= 15 is 0 Å². The molecule has 0 spiro atoms. The van der Waals surface area contributed by atoms with E-state index < -0.39 is 0 Å². The van der Waals surface area contributed by atoms with Crippen LogP contribution >= 0.6 is 11.3 Å². The number of rotatable bonds is 3.